The number of rotatable bonds is 4. The van der Waals surface area contributed by atoms with Crippen LogP contribution in [0.25, 0.3) is 0 Å². The highest BCUT2D eigenvalue weighted by molar-refractivity contribution is 6.11. The molecule has 0 saturated heterocycles. The number of nitrogens with two attached hydrogens (primary N) is 1. The van der Waals surface area contributed by atoms with Crippen LogP contribution in [0, 0.1) is 0 Å². The summed E-state index contributed by atoms with van der Waals surface area (Å²) in [6.45, 7) is 0. The van der Waals surface area contributed by atoms with Crippen molar-refractivity contribution in [2.75, 3.05) is 4.90 Å². The summed E-state index contributed by atoms with van der Waals surface area (Å²) in [5.41, 5.74) is 6.80. The highest BCUT2D eigenvalue weighted by Gasteiger charge is 2.21. The van der Waals surface area contributed by atoms with E-state index in [0.29, 0.717) is 11.4 Å². The fraction of sp³-hybridized carbons (Fsp3) is 0. The van der Waals surface area contributed by atoms with Crippen LogP contribution in [0.4, 0.5) is 11.4 Å². The first-order chi connectivity index (χ1) is 11.7. The van der Waals surface area contributed by atoms with Crippen molar-refractivity contribution in [1.82, 2.24) is 15.0 Å². The molecule has 2 amide bonds. The Hall–Kier alpha value is -3.61. The van der Waals surface area contributed by atoms with Gasteiger partial charge in [-0.1, -0.05) is 0 Å². The lowest BCUT2D eigenvalue weighted by Gasteiger charge is -2.22. The largest absolute Gasteiger partial charge is 0.366 e. The third-order valence-corrected chi connectivity index (χ3v) is 3.28. The highest BCUT2D eigenvalue weighted by Crippen LogP contribution is 2.26. The molecule has 0 aromatic carbocycles. The molecule has 0 atom stereocenters. The lowest BCUT2D eigenvalue weighted by atomic mass is 10.1. The second-order valence-corrected chi connectivity index (χ2v) is 4.89. The summed E-state index contributed by atoms with van der Waals surface area (Å²) in [7, 11) is 0. The van der Waals surface area contributed by atoms with Crippen LogP contribution in [0.15, 0.2) is 67.5 Å². The Labute approximate surface area is 137 Å². The number of anilines is 2. The molecular weight excluding hydrogens is 306 g/mol. The zero-order valence-corrected chi connectivity index (χ0v) is 12.5. The van der Waals surface area contributed by atoms with E-state index >= 15 is 0 Å². The van der Waals surface area contributed by atoms with Crippen molar-refractivity contribution in [3.8, 4) is 0 Å². The molecule has 0 unspecified atom stereocenters. The van der Waals surface area contributed by atoms with Gasteiger partial charge in [0.05, 0.1) is 34.9 Å². The third-order valence-electron chi connectivity index (χ3n) is 3.28. The molecule has 3 aromatic heterocycles. The van der Waals surface area contributed by atoms with E-state index in [9.17, 15) is 9.59 Å². The number of carbonyl (C=O) groups excluding carboxylic acids is 2. The van der Waals surface area contributed by atoms with E-state index in [-0.39, 0.29) is 17.0 Å². The Kier molecular flexibility index (Phi) is 4.24. The average Bonchev–Trinajstić information content (AvgIpc) is 2.64. The Bertz CT molecular complexity index is 829. The maximum Gasteiger partial charge on any atom is 0.264 e. The van der Waals surface area contributed by atoms with Gasteiger partial charge in [0, 0.05) is 24.8 Å². The van der Waals surface area contributed by atoms with Crippen molar-refractivity contribution in [1.29, 1.82) is 0 Å². The van der Waals surface area contributed by atoms with Crippen molar-refractivity contribution in [3.63, 3.8) is 0 Å². The van der Waals surface area contributed by atoms with Crippen LogP contribution >= 0.6 is 0 Å². The number of pyridine rings is 3. The van der Waals surface area contributed by atoms with E-state index in [2.05, 4.69) is 15.0 Å². The summed E-state index contributed by atoms with van der Waals surface area (Å²) in [5, 5.41) is 0. The Morgan fingerprint density at radius 2 is 1.42 bits per heavy atom. The SMILES string of the molecule is NC(=O)c1cncc(C(=O)N(c2cccnc2)c2cccnc2)c1. The molecule has 0 bridgehead atoms. The molecule has 3 heterocycles. The van der Waals surface area contributed by atoms with Crippen molar-refractivity contribution in [3.05, 3.63) is 78.6 Å². The van der Waals surface area contributed by atoms with Gasteiger partial charge in [-0.3, -0.25) is 29.4 Å². The molecule has 2 N–H and O–H groups in total. The summed E-state index contributed by atoms with van der Waals surface area (Å²) in [4.78, 5) is 37.8. The number of aromatic nitrogens is 3. The molecule has 0 radical (unpaired) electrons. The minimum Gasteiger partial charge on any atom is -0.366 e. The van der Waals surface area contributed by atoms with Crippen LogP contribution in [0.3, 0.4) is 0 Å². The monoisotopic (exact) mass is 319 g/mol. The van der Waals surface area contributed by atoms with E-state index in [4.69, 9.17) is 5.73 Å². The topological polar surface area (TPSA) is 102 Å². The lowest BCUT2D eigenvalue weighted by molar-refractivity contribution is 0.0998. The maximum atomic E-state index is 13.0. The molecule has 0 fully saturated rings. The van der Waals surface area contributed by atoms with E-state index < -0.39 is 5.91 Å². The first kappa shape index (κ1) is 15.3. The number of amides is 2. The van der Waals surface area contributed by atoms with Crippen LogP contribution in [0.5, 0.6) is 0 Å². The third kappa shape index (κ3) is 3.09. The molecule has 0 aliphatic carbocycles. The van der Waals surface area contributed by atoms with Crippen LogP contribution in [0.2, 0.25) is 0 Å². The fourth-order valence-corrected chi connectivity index (χ4v) is 2.18. The molecule has 0 aliphatic rings. The molecule has 7 nitrogen and oxygen atoms in total. The molecule has 0 aliphatic heterocycles. The van der Waals surface area contributed by atoms with Gasteiger partial charge in [-0.2, -0.15) is 0 Å². The van der Waals surface area contributed by atoms with Crippen molar-refractivity contribution < 1.29 is 9.59 Å². The van der Waals surface area contributed by atoms with Gasteiger partial charge in [0.2, 0.25) is 5.91 Å². The van der Waals surface area contributed by atoms with Gasteiger partial charge in [0.15, 0.2) is 0 Å². The van der Waals surface area contributed by atoms with Gasteiger partial charge >= 0.3 is 0 Å². The van der Waals surface area contributed by atoms with Crippen molar-refractivity contribution in [2.45, 2.75) is 0 Å². The van der Waals surface area contributed by atoms with Gasteiger partial charge in [-0.15, -0.1) is 0 Å². The zero-order valence-electron chi connectivity index (χ0n) is 12.5. The molecule has 3 rings (SSSR count). The maximum absolute atomic E-state index is 13.0. The summed E-state index contributed by atoms with van der Waals surface area (Å²) >= 11 is 0. The van der Waals surface area contributed by atoms with E-state index in [1.807, 2.05) is 0 Å². The number of hydrogen-bond donors (Lipinski definition) is 1. The van der Waals surface area contributed by atoms with Crippen LogP contribution < -0.4 is 10.6 Å². The standard InChI is InChI=1S/C17H13N5O2/c18-16(23)12-7-13(9-21-8-12)17(24)22(14-3-1-5-19-10-14)15-4-2-6-20-11-15/h1-11H,(H2,18,23). The first-order valence-electron chi connectivity index (χ1n) is 7.06. The molecule has 118 valence electrons. The minimum atomic E-state index is -0.647. The Morgan fingerprint density at radius 1 is 0.833 bits per heavy atom. The fourth-order valence-electron chi connectivity index (χ4n) is 2.18. The molecule has 0 saturated carbocycles. The summed E-state index contributed by atoms with van der Waals surface area (Å²) in [6.07, 6.45) is 9.06. The van der Waals surface area contributed by atoms with E-state index in [1.54, 1.807) is 49.1 Å². The summed E-state index contributed by atoms with van der Waals surface area (Å²) < 4.78 is 0. The number of carbonyl (C=O) groups is 2. The van der Waals surface area contributed by atoms with Gasteiger partial charge in [-0.05, 0) is 30.3 Å². The van der Waals surface area contributed by atoms with Gasteiger partial charge < -0.3 is 5.73 Å². The van der Waals surface area contributed by atoms with Crippen LogP contribution in [-0.4, -0.2) is 26.8 Å². The molecule has 7 heteroatoms. The molecular formula is C17H13N5O2. The average molecular weight is 319 g/mol. The smallest absolute Gasteiger partial charge is 0.264 e. The number of nitrogens with zero attached hydrogens (tertiary/aromatic N) is 4. The van der Waals surface area contributed by atoms with Crippen molar-refractivity contribution in [2.24, 2.45) is 5.73 Å². The molecule has 3 aromatic rings. The summed E-state index contributed by atoms with van der Waals surface area (Å²) in [6, 6.07) is 8.37. The van der Waals surface area contributed by atoms with E-state index in [1.165, 1.54) is 23.4 Å². The lowest BCUT2D eigenvalue weighted by Crippen LogP contribution is -2.26. The minimum absolute atomic E-state index is 0.165. The zero-order chi connectivity index (χ0) is 16.9. The van der Waals surface area contributed by atoms with Crippen LogP contribution in [-0.2, 0) is 0 Å². The first-order valence-corrected chi connectivity index (χ1v) is 7.06. The van der Waals surface area contributed by atoms with E-state index in [0.717, 1.165) is 0 Å². The van der Waals surface area contributed by atoms with Gasteiger partial charge in [0.1, 0.15) is 0 Å². The van der Waals surface area contributed by atoms with Gasteiger partial charge in [-0.25, -0.2) is 0 Å². The van der Waals surface area contributed by atoms with Gasteiger partial charge in [0.25, 0.3) is 5.91 Å². The number of hydrogen-bond acceptors (Lipinski definition) is 5. The second kappa shape index (κ2) is 6.66. The quantitative estimate of drug-likeness (QED) is 0.792. The van der Waals surface area contributed by atoms with Crippen molar-refractivity contribution >= 4 is 23.2 Å². The summed E-state index contributed by atoms with van der Waals surface area (Å²) in [5.74, 6) is -1.02. The Balaban J connectivity index is 2.08. The predicted molar refractivity (Wildman–Crippen MR) is 87.7 cm³/mol. The van der Waals surface area contributed by atoms with Crippen LogP contribution in [0.1, 0.15) is 20.7 Å². The molecule has 24 heavy (non-hydrogen) atoms. The Morgan fingerprint density at radius 3 is 1.92 bits per heavy atom. The highest BCUT2D eigenvalue weighted by atomic mass is 16.2. The number of primary amides is 1. The predicted octanol–water partition coefficient (Wildman–Crippen LogP) is 1.95. The normalized spacial score (nSPS) is 10.2. The second-order valence-electron chi connectivity index (χ2n) is 4.89. The molecule has 0 spiro atoms.